The number of furan rings is 1. The van der Waals surface area contributed by atoms with Gasteiger partial charge in [0.25, 0.3) is 5.91 Å². The molecule has 4 aromatic rings. The minimum Gasteiger partial charge on any atom is -0.503 e. The van der Waals surface area contributed by atoms with Crippen molar-refractivity contribution in [3.8, 4) is 0 Å². The first kappa shape index (κ1) is 21.2. The Bertz CT molecular complexity index is 1340. The Hall–Kier alpha value is -3.65. The van der Waals surface area contributed by atoms with Crippen molar-refractivity contribution in [2.45, 2.75) is 19.0 Å². The largest absolute Gasteiger partial charge is 0.503 e. The molecule has 1 unspecified atom stereocenters. The molecule has 0 saturated carbocycles. The third-order valence-electron chi connectivity index (χ3n) is 5.78. The fourth-order valence-electron chi connectivity index (χ4n) is 4.25. The predicted molar refractivity (Wildman–Crippen MR) is 124 cm³/mol. The molecular weight excluding hydrogens is 486 g/mol. The number of hydrogen-bond acceptors (Lipinski definition) is 4. The average Bonchev–Trinajstić information content (AvgIpc) is 3.53. The molecule has 0 radical (unpaired) electrons. The first-order valence-electron chi connectivity index (χ1n) is 10.6. The number of Topliss-reactive ketones (excluding diaryl/α,β-unsaturated/α-hetero) is 1. The summed E-state index contributed by atoms with van der Waals surface area (Å²) in [6.45, 7) is 1.06. The highest BCUT2D eigenvalue weighted by atomic mass is 79.9. The maximum Gasteiger partial charge on any atom is 0.290 e. The van der Waals surface area contributed by atoms with Crippen LogP contribution in [0.15, 0.2) is 93.5 Å². The van der Waals surface area contributed by atoms with E-state index < -0.39 is 23.5 Å². The quantitative estimate of drug-likeness (QED) is 0.285. The van der Waals surface area contributed by atoms with Gasteiger partial charge in [0, 0.05) is 22.8 Å². The van der Waals surface area contributed by atoms with Crippen LogP contribution >= 0.6 is 15.9 Å². The maximum atomic E-state index is 13.5. The summed E-state index contributed by atoms with van der Waals surface area (Å²) in [6, 6.07) is 15.7. The normalized spacial score (nSPS) is 16.2. The van der Waals surface area contributed by atoms with Crippen molar-refractivity contribution in [3.63, 3.8) is 0 Å². The van der Waals surface area contributed by atoms with Gasteiger partial charge in [0.15, 0.2) is 11.5 Å². The second-order valence-electron chi connectivity index (χ2n) is 7.90. The minimum absolute atomic E-state index is 0.0338. The second kappa shape index (κ2) is 8.71. The van der Waals surface area contributed by atoms with E-state index in [-0.39, 0.29) is 11.3 Å². The predicted octanol–water partition coefficient (Wildman–Crippen LogP) is 4.48. The number of benzene rings is 2. The van der Waals surface area contributed by atoms with Crippen molar-refractivity contribution in [3.05, 3.63) is 100 Å². The Morgan fingerprint density at radius 3 is 2.79 bits per heavy atom. The van der Waals surface area contributed by atoms with Gasteiger partial charge in [-0.25, -0.2) is 4.57 Å². The van der Waals surface area contributed by atoms with Crippen molar-refractivity contribution in [2.75, 3.05) is 6.54 Å². The number of carbonyl (C=O) groups excluding carboxylic acids is 2. The van der Waals surface area contributed by atoms with Gasteiger partial charge in [-0.2, -0.15) is 0 Å². The highest BCUT2D eigenvalue weighted by Crippen LogP contribution is 2.40. The number of amides is 1. The smallest absolute Gasteiger partial charge is 0.290 e. The molecule has 0 bridgehead atoms. The first-order chi connectivity index (χ1) is 16.0. The van der Waals surface area contributed by atoms with Gasteiger partial charge < -0.3 is 14.4 Å². The molecule has 166 valence electrons. The molecule has 1 aliphatic rings. The van der Waals surface area contributed by atoms with Crippen molar-refractivity contribution < 1.29 is 23.7 Å². The molecule has 0 aliphatic carbocycles. The lowest BCUT2D eigenvalue weighted by molar-refractivity contribution is -0.695. The van der Waals surface area contributed by atoms with Crippen molar-refractivity contribution in [2.24, 2.45) is 0 Å². The van der Waals surface area contributed by atoms with Crippen LogP contribution in [0.2, 0.25) is 0 Å². The molecule has 3 heterocycles. The van der Waals surface area contributed by atoms with Crippen molar-refractivity contribution in [1.82, 2.24) is 9.88 Å². The number of ketones is 1. The van der Waals surface area contributed by atoms with E-state index in [1.165, 1.54) is 0 Å². The lowest BCUT2D eigenvalue weighted by Crippen LogP contribution is -2.36. The molecule has 33 heavy (non-hydrogen) atoms. The van der Waals surface area contributed by atoms with Gasteiger partial charge >= 0.3 is 0 Å². The summed E-state index contributed by atoms with van der Waals surface area (Å²) >= 11 is 3.47. The highest BCUT2D eigenvalue weighted by Gasteiger charge is 2.44. The molecule has 5 rings (SSSR count). The summed E-state index contributed by atoms with van der Waals surface area (Å²) in [7, 11) is 0. The third kappa shape index (κ3) is 3.98. The van der Waals surface area contributed by atoms with Gasteiger partial charge in [-0.15, -0.1) is 0 Å². The topological polar surface area (TPSA) is 90.4 Å². The number of aryl methyl sites for hydroxylation is 1. The van der Waals surface area contributed by atoms with Gasteiger partial charge in [-0.1, -0.05) is 46.3 Å². The lowest BCUT2D eigenvalue weighted by Gasteiger charge is -2.26. The number of aliphatic hydroxyl groups is 1. The van der Waals surface area contributed by atoms with Crippen LogP contribution in [0, 0.1) is 0 Å². The van der Waals surface area contributed by atoms with Gasteiger partial charge in [-0.05, 0) is 29.8 Å². The molecule has 0 saturated heterocycles. The Balaban J connectivity index is 1.51. The fraction of sp³-hybridized carbons (Fsp3) is 0.160. The lowest BCUT2D eigenvalue weighted by atomic mass is 9.95. The molecule has 2 N–H and O–H groups in total. The Morgan fingerprint density at radius 1 is 1.18 bits per heavy atom. The van der Waals surface area contributed by atoms with E-state index in [9.17, 15) is 14.7 Å². The van der Waals surface area contributed by atoms with E-state index in [2.05, 4.69) is 20.9 Å². The number of rotatable bonds is 7. The number of fused-ring (bicyclic) bond motifs is 1. The number of imidazole rings is 1. The Morgan fingerprint density at radius 2 is 2.03 bits per heavy atom. The third-order valence-corrected chi connectivity index (χ3v) is 6.27. The summed E-state index contributed by atoms with van der Waals surface area (Å²) in [6.07, 6.45) is 6.22. The number of para-hydroxylation sites is 1. The van der Waals surface area contributed by atoms with E-state index in [1.807, 2.05) is 65.8 Å². The summed E-state index contributed by atoms with van der Waals surface area (Å²) in [5, 5.41) is 11.6. The molecular formula is C25H21BrN3O4+. The van der Waals surface area contributed by atoms with Crippen LogP contribution in [0.5, 0.6) is 0 Å². The monoisotopic (exact) mass is 506 g/mol. The molecule has 2 aromatic heterocycles. The first-order valence-corrected chi connectivity index (χ1v) is 11.4. The van der Waals surface area contributed by atoms with E-state index in [0.29, 0.717) is 25.1 Å². The number of nitrogens with one attached hydrogen (secondary N) is 1. The molecule has 0 fully saturated rings. The zero-order valence-electron chi connectivity index (χ0n) is 17.6. The van der Waals surface area contributed by atoms with Crippen molar-refractivity contribution >= 4 is 38.6 Å². The van der Waals surface area contributed by atoms with Crippen LogP contribution in [0.25, 0.3) is 11.0 Å². The van der Waals surface area contributed by atoms with E-state index in [1.54, 1.807) is 17.0 Å². The van der Waals surface area contributed by atoms with Crippen LogP contribution in [0.3, 0.4) is 0 Å². The fourth-order valence-corrected chi connectivity index (χ4v) is 4.67. The summed E-state index contributed by atoms with van der Waals surface area (Å²) in [4.78, 5) is 31.2. The molecule has 1 atom stereocenters. The van der Waals surface area contributed by atoms with Crippen LogP contribution in [-0.2, 0) is 11.3 Å². The SMILES string of the molecule is O=C(C1=C(O)C(=O)N(CCC[n+]2cc[nH]c2)C1c1cccc(Br)c1)c1cc2ccccc2o1. The van der Waals surface area contributed by atoms with Gasteiger partial charge in [-0.3, -0.25) is 14.6 Å². The van der Waals surface area contributed by atoms with Crippen LogP contribution in [0.1, 0.15) is 28.6 Å². The zero-order chi connectivity index (χ0) is 22.9. The summed E-state index contributed by atoms with van der Waals surface area (Å²) in [5.41, 5.74) is 1.34. The molecule has 0 spiro atoms. The summed E-state index contributed by atoms with van der Waals surface area (Å²) in [5.74, 6) is -1.49. The second-order valence-corrected chi connectivity index (χ2v) is 8.81. The van der Waals surface area contributed by atoms with Gasteiger partial charge in [0.1, 0.15) is 18.0 Å². The van der Waals surface area contributed by atoms with Gasteiger partial charge in [0.2, 0.25) is 12.1 Å². The van der Waals surface area contributed by atoms with Crippen molar-refractivity contribution in [1.29, 1.82) is 0 Å². The highest BCUT2D eigenvalue weighted by molar-refractivity contribution is 9.10. The minimum atomic E-state index is -0.716. The molecule has 8 heteroatoms. The number of halogens is 1. The number of aromatic nitrogens is 2. The summed E-state index contributed by atoms with van der Waals surface area (Å²) < 4.78 is 8.55. The maximum absolute atomic E-state index is 13.5. The number of aromatic amines is 1. The average molecular weight is 507 g/mol. The Labute approximate surface area is 198 Å². The molecule has 1 aliphatic heterocycles. The molecule has 2 aromatic carbocycles. The van der Waals surface area contributed by atoms with E-state index in [4.69, 9.17) is 4.42 Å². The zero-order valence-corrected chi connectivity index (χ0v) is 19.2. The van der Waals surface area contributed by atoms with Gasteiger partial charge in [0.05, 0.1) is 18.2 Å². The number of nitrogens with zero attached hydrogens (tertiary/aromatic N) is 2. The van der Waals surface area contributed by atoms with E-state index >= 15 is 0 Å². The number of H-pyrrole nitrogens is 1. The molecule has 7 nitrogen and oxygen atoms in total. The standard InChI is InChI=1S/C25H20BrN3O4/c26-18-7-3-6-17(13-18)22-21(23(30)20-14-16-5-1-2-8-19(16)33-20)24(31)25(32)29(22)11-4-10-28-12-9-27-15-28/h1-3,5-9,12-15,22H,4,10-11H2,(H,30,31)/p+1. The number of carbonyl (C=O) groups is 2. The van der Waals surface area contributed by atoms with Crippen LogP contribution in [-0.4, -0.2) is 33.2 Å². The number of hydrogen-bond donors (Lipinski definition) is 2. The Kier molecular flexibility index (Phi) is 5.60. The number of aliphatic hydroxyl groups excluding tert-OH is 1. The van der Waals surface area contributed by atoms with Crippen LogP contribution in [0.4, 0.5) is 0 Å². The molecule has 1 amide bonds. The van der Waals surface area contributed by atoms with E-state index in [0.717, 1.165) is 15.4 Å². The van der Waals surface area contributed by atoms with Crippen LogP contribution < -0.4 is 4.57 Å².